The summed E-state index contributed by atoms with van der Waals surface area (Å²) in [4.78, 5) is 25.5. The van der Waals surface area contributed by atoms with Crippen molar-refractivity contribution in [2.24, 2.45) is 11.8 Å². The molecule has 0 aromatic rings. The molecule has 1 amide bonds. The molecule has 5 nitrogen and oxygen atoms in total. The number of carbonyl (C=O) groups excluding carboxylic acids is 1. The van der Waals surface area contributed by atoms with Gasteiger partial charge in [-0.1, -0.05) is 6.92 Å². The highest BCUT2D eigenvalue weighted by atomic mass is 32.2. The average Bonchev–Trinajstić information content (AvgIpc) is 2.60. The molecular weight excluding hydrogens is 278 g/mol. The summed E-state index contributed by atoms with van der Waals surface area (Å²) < 4.78 is 0. The molecule has 0 radical (unpaired) electrons. The molecule has 20 heavy (non-hydrogen) atoms. The fourth-order valence-electron chi connectivity index (χ4n) is 2.94. The zero-order valence-corrected chi connectivity index (χ0v) is 12.2. The van der Waals surface area contributed by atoms with E-state index in [1.165, 1.54) is 16.7 Å². The zero-order chi connectivity index (χ0) is 15.0. The maximum Gasteiger partial charge on any atom is 0.353 e. The van der Waals surface area contributed by atoms with Gasteiger partial charge in [-0.15, -0.1) is 24.1 Å². The Morgan fingerprint density at radius 2 is 2.25 bits per heavy atom. The molecule has 0 aromatic heterocycles. The van der Waals surface area contributed by atoms with E-state index >= 15 is 0 Å². The van der Waals surface area contributed by atoms with Gasteiger partial charge in [-0.2, -0.15) is 0 Å². The van der Waals surface area contributed by atoms with Gasteiger partial charge in [0.25, 0.3) is 0 Å². The highest BCUT2D eigenvalue weighted by molar-refractivity contribution is 8.03. The number of hydrogen-bond donors (Lipinski definition) is 2. The van der Waals surface area contributed by atoms with Crippen molar-refractivity contribution in [3.63, 3.8) is 0 Å². The molecule has 108 valence electrons. The van der Waals surface area contributed by atoms with Gasteiger partial charge >= 0.3 is 5.97 Å². The summed E-state index contributed by atoms with van der Waals surface area (Å²) >= 11 is 1.40. The van der Waals surface area contributed by atoms with Crippen LogP contribution in [0.2, 0.25) is 0 Å². The van der Waals surface area contributed by atoms with Crippen LogP contribution in [0.4, 0.5) is 0 Å². The molecular formula is C14H17NO4S. The maximum atomic E-state index is 12.0. The molecule has 0 bridgehead atoms. The third-order valence-electron chi connectivity index (χ3n) is 3.82. The van der Waals surface area contributed by atoms with Gasteiger partial charge in [0.2, 0.25) is 5.91 Å². The van der Waals surface area contributed by atoms with Crippen molar-refractivity contribution >= 4 is 23.6 Å². The van der Waals surface area contributed by atoms with Crippen LogP contribution >= 0.6 is 11.8 Å². The molecule has 2 N–H and O–H groups in total. The zero-order valence-electron chi connectivity index (χ0n) is 11.4. The van der Waals surface area contributed by atoms with Gasteiger partial charge in [0, 0.05) is 23.0 Å². The van der Waals surface area contributed by atoms with E-state index in [9.17, 15) is 19.8 Å². The molecule has 0 saturated carbocycles. The van der Waals surface area contributed by atoms with E-state index in [4.69, 9.17) is 6.42 Å². The molecule has 4 atom stereocenters. The van der Waals surface area contributed by atoms with Crippen molar-refractivity contribution in [3.8, 4) is 12.3 Å². The van der Waals surface area contributed by atoms with E-state index in [0.717, 1.165) is 0 Å². The highest BCUT2D eigenvalue weighted by Gasteiger charge is 2.59. The minimum atomic E-state index is -1.10. The molecule has 2 rings (SSSR count). The predicted molar refractivity (Wildman–Crippen MR) is 75.5 cm³/mol. The number of thioether (sulfide) groups is 1. The van der Waals surface area contributed by atoms with E-state index in [2.05, 4.69) is 5.92 Å². The largest absolute Gasteiger partial charge is 0.477 e. The first kappa shape index (κ1) is 14.9. The van der Waals surface area contributed by atoms with Gasteiger partial charge in [0.05, 0.1) is 18.1 Å². The molecule has 1 saturated heterocycles. The molecule has 0 aromatic carbocycles. The topological polar surface area (TPSA) is 77.8 Å². The third kappa shape index (κ3) is 2.11. The van der Waals surface area contributed by atoms with Crippen LogP contribution < -0.4 is 0 Å². The Balaban J connectivity index is 2.28. The third-order valence-corrected chi connectivity index (χ3v) is 5.10. The lowest BCUT2D eigenvalue weighted by atomic mass is 9.79. The van der Waals surface area contributed by atoms with Crippen LogP contribution in [0.5, 0.6) is 0 Å². The smallest absolute Gasteiger partial charge is 0.353 e. The molecule has 0 unspecified atom stereocenters. The normalized spacial score (nSPS) is 29.8. The van der Waals surface area contributed by atoms with Crippen molar-refractivity contribution < 1.29 is 19.8 Å². The van der Waals surface area contributed by atoms with Gasteiger partial charge in [0.1, 0.15) is 5.70 Å². The number of nitrogens with zero attached hydrogens (tertiary/aromatic N) is 1. The molecule has 6 heteroatoms. The summed E-state index contributed by atoms with van der Waals surface area (Å²) in [7, 11) is 0. The van der Waals surface area contributed by atoms with Gasteiger partial charge in [-0.3, -0.25) is 4.79 Å². The van der Waals surface area contributed by atoms with Crippen molar-refractivity contribution in [1.82, 2.24) is 4.90 Å². The number of carboxylic acids is 1. The minimum absolute atomic E-state index is 0.0615. The number of carboxylic acid groups (broad SMARTS) is 1. The predicted octanol–water partition coefficient (Wildman–Crippen LogP) is 0.897. The summed E-state index contributed by atoms with van der Waals surface area (Å²) in [6.45, 7) is 3.46. The minimum Gasteiger partial charge on any atom is -0.477 e. The standard InChI is InChI=1S/C14H17NO4S/c1-4-5-6-20-12-7(2)10-9(8(3)16)13(17)15(10)11(12)14(18)19/h1,7-10,16H,5-6H2,2-3H3,(H,18,19)/t7-,8-,9-,10-/m1/s1. The van der Waals surface area contributed by atoms with E-state index < -0.39 is 18.0 Å². The van der Waals surface area contributed by atoms with Crippen LogP contribution in [0, 0.1) is 24.2 Å². The fourth-order valence-corrected chi connectivity index (χ4v) is 4.10. The summed E-state index contributed by atoms with van der Waals surface area (Å²) in [6, 6.07) is -0.248. The second-order valence-electron chi connectivity index (χ2n) is 5.07. The Morgan fingerprint density at radius 1 is 1.60 bits per heavy atom. The Labute approximate surface area is 122 Å². The molecule has 1 fully saturated rings. The van der Waals surface area contributed by atoms with Gasteiger partial charge in [-0.25, -0.2) is 4.79 Å². The van der Waals surface area contributed by atoms with Crippen LogP contribution in [-0.2, 0) is 9.59 Å². The Kier molecular flexibility index (Phi) is 4.11. The average molecular weight is 295 g/mol. The maximum absolute atomic E-state index is 12.0. The lowest BCUT2D eigenvalue weighted by molar-refractivity contribution is -0.163. The number of hydrogen-bond acceptors (Lipinski definition) is 4. The summed E-state index contributed by atoms with van der Waals surface area (Å²) in [5.74, 6) is 1.15. The number of rotatable bonds is 5. The first-order valence-corrected chi connectivity index (χ1v) is 7.45. The van der Waals surface area contributed by atoms with Crippen molar-refractivity contribution in [1.29, 1.82) is 0 Å². The van der Waals surface area contributed by atoms with Crippen molar-refractivity contribution in [2.45, 2.75) is 32.4 Å². The van der Waals surface area contributed by atoms with Crippen LogP contribution in [-0.4, -0.2) is 44.9 Å². The SMILES string of the molecule is C#CCCSC1=C(C(=O)O)N2C(=O)[C@H]([C@@H](C)O)[C@H]2[C@H]1C. The fraction of sp³-hybridized carbons (Fsp3) is 0.571. The second kappa shape index (κ2) is 5.51. The number of carbonyl (C=O) groups is 2. The van der Waals surface area contributed by atoms with Crippen LogP contribution in [0.3, 0.4) is 0 Å². The second-order valence-corrected chi connectivity index (χ2v) is 6.21. The van der Waals surface area contributed by atoms with Gasteiger partial charge < -0.3 is 15.1 Å². The number of aliphatic hydroxyl groups is 1. The number of aliphatic hydroxyl groups excluding tert-OH is 1. The number of amides is 1. The van der Waals surface area contributed by atoms with Crippen molar-refractivity contribution in [3.05, 3.63) is 10.6 Å². The summed E-state index contributed by atoms with van der Waals surface area (Å²) in [5, 5.41) is 19.0. The lowest BCUT2D eigenvalue weighted by Gasteiger charge is -2.46. The monoisotopic (exact) mass is 295 g/mol. The van der Waals surface area contributed by atoms with Crippen molar-refractivity contribution in [2.75, 3.05) is 5.75 Å². The highest BCUT2D eigenvalue weighted by Crippen LogP contribution is 2.50. The summed E-state index contributed by atoms with van der Waals surface area (Å²) in [5.41, 5.74) is 0.0615. The molecule has 2 aliphatic heterocycles. The summed E-state index contributed by atoms with van der Waals surface area (Å²) in [6.07, 6.45) is 4.98. The first-order chi connectivity index (χ1) is 9.41. The van der Waals surface area contributed by atoms with E-state index in [1.807, 2.05) is 6.92 Å². The van der Waals surface area contributed by atoms with Crippen LogP contribution in [0.15, 0.2) is 10.6 Å². The number of β-lactam (4-membered cyclic amide) rings is 1. The Bertz CT molecular complexity index is 520. The van der Waals surface area contributed by atoms with Crippen LogP contribution in [0.25, 0.3) is 0 Å². The van der Waals surface area contributed by atoms with Crippen LogP contribution in [0.1, 0.15) is 20.3 Å². The number of aliphatic carboxylic acids is 1. The van der Waals surface area contributed by atoms with Gasteiger partial charge in [-0.05, 0) is 6.92 Å². The molecule has 2 aliphatic rings. The molecule has 0 aliphatic carbocycles. The Hall–Kier alpha value is -1.45. The molecule has 0 spiro atoms. The number of terminal acetylenes is 1. The Morgan fingerprint density at radius 3 is 2.75 bits per heavy atom. The van der Waals surface area contributed by atoms with E-state index in [1.54, 1.807) is 6.92 Å². The van der Waals surface area contributed by atoms with E-state index in [-0.39, 0.29) is 23.6 Å². The first-order valence-electron chi connectivity index (χ1n) is 6.46. The van der Waals surface area contributed by atoms with E-state index in [0.29, 0.717) is 17.1 Å². The molecule has 2 heterocycles. The van der Waals surface area contributed by atoms with Gasteiger partial charge in [0.15, 0.2) is 0 Å². The lowest BCUT2D eigenvalue weighted by Crippen LogP contribution is -2.63. The number of fused-ring (bicyclic) bond motifs is 1. The quantitative estimate of drug-likeness (QED) is 0.447.